The number of rotatable bonds is 5. The first-order valence-corrected chi connectivity index (χ1v) is 11.7. The van der Waals surface area contributed by atoms with Crippen molar-refractivity contribution in [2.75, 3.05) is 25.7 Å². The number of nitrogens with zero attached hydrogens (tertiary/aromatic N) is 5. The number of hydrogen-bond donors (Lipinski definition) is 1. The number of pyridine rings is 1. The molecule has 9 nitrogen and oxygen atoms in total. The van der Waals surface area contributed by atoms with E-state index in [0.717, 1.165) is 30.5 Å². The van der Waals surface area contributed by atoms with E-state index in [0.29, 0.717) is 28.4 Å². The summed E-state index contributed by atoms with van der Waals surface area (Å²) in [6.07, 6.45) is 1.97. The Bertz CT molecular complexity index is 1440. The molecule has 0 saturated carbocycles. The van der Waals surface area contributed by atoms with Crippen LogP contribution in [0.4, 0.5) is 5.69 Å². The van der Waals surface area contributed by atoms with Crippen molar-refractivity contribution in [1.29, 1.82) is 0 Å². The van der Waals surface area contributed by atoms with E-state index in [1.165, 1.54) is 5.56 Å². The van der Waals surface area contributed by atoms with Crippen LogP contribution in [0.3, 0.4) is 0 Å². The molecular formula is C26H30N6O3. The van der Waals surface area contributed by atoms with Crippen LogP contribution < -0.4 is 19.9 Å². The number of aryl methyl sites for hydroxylation is 1. The van der Waals surface area contributed by atoms with Crippen LogP contribution in [-0.2, 0) is 12.0 Å². The number of aromatic nitrogens is 5. The van der Waals surface area contributed by atoms with Crippen LogP contribution >= 0.6 is 0 Å². The predicted octanol–water partition coefficient (Wildman–Crippen LogP) is 3.83. The van der Waals surface area contributed by atoms with Crippen LogP contribution in [0.5, 0.6) is 11.5 Å². The van der Waals surface area contributed by atoms with Gasteiger partial charge in [-0.2, -0.15) is 0 Å². The van der Waals surface area contributed by atoms with Crippen LogP contribution in [0.15, 0.2) is 47.3 Å². The minimum Gasteiger partial charge on any atom is -0.493 e. The Balaban J connectivity index is 1.77. The Morgan fingerprint density at radius 2 is 1.80 bits per heavy atom. The Morgan fingerprint density at radius 3 is 2.54 bits per heavy atom. The van der Waals surface area contributed by atoms with Crippen molar-refractivity contribution < 1.29 is 9.47 Å². The SMILES string of the molecule is COc1cc2cc(C(c3nnnn3C(C)(C)C)N3CCCc4ccccc43)c(=O)[nH]c2cc1OC. The van der Waals surface area contributed by atoms with Gasteiger partial charge in [-0.3, -0.25) is 4.79 Å². The number of H-pyrrole nitrogens is 1. The first kappa shape index (κ1) is 22.9. The lowest BCUT2D eigenvalue weighted by atomic mass is 9.96. The van der Waals surface area contributed by atoms with Gasteiger partial charge in [-0.15, -0.1) is 5.10 Å². The van der Waals surface area contributed by atoms with Gasteiger partial charge in [0, 0.05) is 29.2 Å². The summed E-state index contributed by atoms with van der Waals surface area (Å²) in [6.45, 7) is 6.93. The number of anilines is 1. The number of nitrogens with one attached hydrogen (secondary N) is 1. The summed E-state index contributed by atoms with van der Waals surface area (Å²) < 4.78 is 12.7. The number of para-hydroxylation sites is 1. The fourth-order valence-electron chi connectivity index (χ4n) is 4.87. The zero-order chi connectivity index (χ0) is 24.7. The van der Waals surface area contributed by atoms with Gasteiger partial charge in [0.25, 0.3) is 5.56 Å². The van der Waals surface area contributed by atoms with Gasteiger partial charge in [-0.05, 0) is 67.8 Å². The molecule has 1 aliphatic heterocycles. The number of tetrazole rings is 1. The summed E-state index contributed by atoms with van der Waals surface area (Å²) in [7, 11) is 3.17. The van der Waals surface area contributed by atoms with Gasteiger partial charge in [0.2, 0.25) is 0 Å². The maximum Gasteiger partial charge on any atom is 0.254 e. The second-order valence-corrected chi connectivity index (χ2v) is 9.80. The molecule has 1 atom stereocenters. The van der Waals surface area contributed by atoms with Crippen LogP contribution in [0.1, 0.15) is 50.2 Å². The summed E-state index contributed by atoms with van der Waals surface area (Å²) in [4.78, 5) is 18.9. The molecule has 3 heterocycles. The van der Waals surface area contributed by atoms with E-state index in [2.05, 4.69) is 64.4 Å². The van der Waals surface area contributed by atoms with Crippen molar-refractivity contribution in [1.82, 2.24) is 25.2 Å². The highest BCUT2D eigenvalue weighted by molar-refractivity contribution is 5.83. The molecule has 1 N–H and O–H groups in total. The molecule has 182 valence electrons. The monoisotopic (exact) mass is 474 g/mol. The summed E-state index contributed by atoms with van der Waals surface area (Å²) in [6, 6.07) is 13.4. The molecule has 0 radical (unpaired) electrons. The highest BCUT2D eigenvalue weighted by atomic mass is 16.5. The molecule has 2 aromatic carbocycles. The van der Waals surface area contributed by atoms with Gasteiger partial charge in [0.1, 0.15) is 6.04 Å². The third-order valence-electron chi connectivity index (χ3n) is 6.50. The second-order valence-electron chi connectivity index (χ2n) is 9.80. The lowest BCUT2D eigenvalue weighted by molar-refractivity contribution is 0.329. The normalized spacial score (nSPS) is 14.6. The van der Waals surface area contributed by atoms with Gasteiger partial charge in [0.05, 0.1) is 25.3 Å². The number of fused-ring (bicyclic) bond motifs is 2. The summed E-state index contributed by atoms with van der Waals surface area (Å²) in [5, 5.41) is 13.6. The van der Waals surface area contributed by atoms with Crippen molar-refractivity contribution in [3.63, 3.8) is 0 Å². The molecule has 0 fully saturated rings. The van der Waals surface area contributed by atoms with Crippen LogP contribution in [0, 0.1) is 0 Å². The predicted molar refractivity (Wildman–Crippen MR) is 134 cm³/mol. The molecule has 0 aliphatic carbocycles. The minimum atomic E-state index is -0.480. The Hall–Kier alpha value is -3.88. The van der Waals surface area contributed by atoms with Gasteiger partial charge in [-0.25, -0.2) is 4.68 Å². The molecule has 0 amide bonds. The topological polar surface area (TPSA) is 98.2 Å². The van der Waals surface area contributed by atoms with Crippen LogP contribution in [0.25, 0.3) is 10.9 Å². The Kier molecular flexibility index (Phi) is 5.70. The van der Waals surface area contributed by atoms with Crippen molar-refractivity contribution in [3.05, 3.63) is 69.8 Å². The molecule has 0 saturated heterocycles. The minimum absolute atomic E-state index is 0.193. The number of benzene rings is 2. The van der Waals surface area contributed by atoms with E-state index in [-0.39, 0.29) is 11.1 Å². The van der Waals surface area contributed by atoms with E-state index in [1.807, 2.05) is 22.9 Å². The van der Waals surface area contributed by atoms with Crippen molar-refractivity contribution in [2.24, 2.45) is 0 Å². The van der Waals surface area contributed by atoms with Crippen molar-refractivity contribution >= 4 is 16.6 Å². The molecule has 1 unspecified atom stereocenters. The molecule has 9 heteroatoms. The highest BCUT2D eigenvalue weighted by Crippen LogP contribution is 2.38. The standard InChI is InChI=1S/C26H30N6O3/c1-26(2,3)32-24(28-29-30-32)23(31-12-8-10-16-9-6-7-11-20(16)31)18-13-17-14-21(34-4)22(35-5)15-19(17)27-25(18)33/h6-7,9,11,13-15,23H,8,10,12H2,1-5H3,(H,27,33). The van der Waals surface area contributed by atoms with Crippen molar-refractivity contribution in [3.8, 4) is 11.5 Å². The maximum absolute atomic E-state index is 13.6. The first-order valence-electron chi connectivity index (χ1n) is 11.7. The smallest absolute Gasteiger partial charge is 0.254 e. The maximum atomic E-state index is 13.6. The van der Waals surface area contributed by atoms with E-state index >= 15 is 0 Å². The molecule has 4 aromatic rings. The summed E-state index contributed by atoms with van der Waals surface area (Å²) >= 11 is 0. The fraction of sp³-hybridized carbons (Fsp3) is 0.385. The van der Waals surface area contributed by atoms with E-state index in [1.54, 1.807) is 20.3 Å². The first-order chi connectivity index (χ1) is 16.8. The highest BCUT2D eigenvalue weighted by Gasteiger charge is 2.35. The molecular weight excluding hydrogens is 444 g/mol. The van der Waals surface area contributed by atoms with Crippen LogP contribution in [-0.4, -0.2) is 46.0 Å². The average molecular weight is 475 g/mol. The van der Waals surface area contributed by atoms with E-state index in [9.17, 15) is 4.79 Å². The number of ether oxygens (including phenoxy) is 2. The molecule has 0 spiro atoms. The molecule has 2 aromatic heterocycles. The summed E-state index contributed by atoms with van der Waals surface area (Å²) in [5.41, 5.74) is 3.03. The molecule has 1 aliphatic rings. The van der Waals surface area contributed by atoms with Gasteiger partial charge >= 0.3 is 0 Å². The lowest BCUT2D eigenvalue weighted by Crippen LogP contribution is -2.40. The van der Waals surface area contributed by atoms with Crippen molar-refractivity contribution in [2.45, 2.75) is 45.2 Å². The largest absolute Gasteiger partial charge is 0.493 e. The molecule has 5 rings (SSSR count). The fourth-order valence-corrected chi connectivity index (χ4v) is 4.87. The second kappa shape index (κ2) is 8.72. The average Bonchev–Trinajstić information content (AvgIpc) is 3.34. The number of methoxy groups -OCH3 is 2. The van der Waals surface area contributed by atoms with Gasteiger partial charge in [-0.1, -0.05) is 18.2 Å². The molecule has 0 bridgehead atoms. The Labute approximate surface area is 203 Å². The zero-order valence-electron chi connectivity index (χ0n) is 20.7. The quantitative estimate of drug-likeness (QED) is 0.469. The van der Waals surface area contributed by atoms with Crippen LogP contribution in [0.2, 0.25) is 0 Å². The summed E-state index contributed by atoms with van der Waals surface area (Å²) in [5.74, 6) is 1.78. The number of aromatic amines is 1. The molecule has 35 heavy (non-hydrogen) atoms. The zero-order valence-corrected chi connectivity index (χ0v) is 20.7. The lowest BCUT2D eigenvalue weighted by Gasteiger charge is -2.38. The van der Waals surface area contributed by atoms with Gasteiger partial charge < -0.3 is 19.4 Å². The van der Waals surface area contributed by atoms with Gasteiger partial charge in [0.15, 0.2) is 17.3 Å². The third-order valence-corrected chi connectivity index (χ3v) is 6.50. The Morgan fingerprint density at radius 1 is 1.06 bits per heavy atom. The van der Waals surface area contributed by atoms with E-state index in [4.69, 9.17) is 9.47 Å². The third kappa shape index (κ3) is 4.00. The number of hydrogen-bond acceptors (Lipinski definition) is 7. The van der Waals surface area contributed by atoms with E-state index < -0.39 is 6.04 Å².